The van der Waals surface area contributed by atoms with Crippen LogP contribution in [0.5, 0.6) is 5.75 Å². The molecule has 4 amide bonds. The van der Waals surface area contributed by atoms with Gasteiger partial charge >= 0.3 is 6.03 Å². The van der Waals surface area contributed by atoms with Crippen LogP contribution in [0.3, 0.4) is 0 Å². The maximum Gasteiger partial charge on any atom is 0.323 e. The molecule has 0 aromatic heterocycles. The summed E-state index contributed by atoms with van der Waals surface area (Å²) in [5, 5.41) is 14.1. The molecule has 1 fully saturated rings. The highest BCUT2D eigenvalue weighted by Crippen LogP contribution is 2.28. The molecule has 0 bridgehead atoms. The number of fused-ring (bicyclic) bond motifs is 1. The molecular weight excluding hydrogens is 419 g/mol. The normalized spacial score (nSPS) is 20.2. The lowest BCUT2D eigenvalue weighted by molar-refractivity contribution is -0.122. The summed E-state index contributed by atoms with van der Waals surface area (Å²) in [7, 11) is 1.49. The van der Waals surface area contributed by atoms with Crippen LogP contribution in [0.1, 0.15) is 33.3 Å². The summed E-state index contributed by atoms with van der Waals surface area (Å²) in [5.41, 5.74) is 4.93. The van der Waals surface area contributed by atoms with Gasteiger partial charge in [-0.1, -0.05) is 17.9 Å². The Hall–Kier alpha value is -3.94. The largest absolute Gasteiger partial charge is 0.497 e. The van der Waals surface area contributed by atoms with E-state index in [0.29, 0.717) is 11.3 Å². The quantitative estimate of drug-likeness (QED) is 0.310. The summed E-state index contributed by atoms with van der Waals surface area (Å²) in [6.07, 6.45) is -1.54. The number of amides is 4. The molecule has 1 saturated heterocycles. The van der Waals surface area contributed by atoms with Crippen molar-refractivity contribution in [3.63, 3.8) is 0 Å². The van der Waals surface area contributed by atoms with Crippen LogP contribution in [0.4, 0.5) is 9.18 Å². The van der Waals surface area contributed by atoms with Gasteiger partial charge in [-0.3, -0.25) is 14.9 Å². The van der Waals surface area contributed by atoms with Crippen molar-refractivity contribution in [2.45, 2.75) is 18.3 Å². The van der Waals surface area contributed by atoms with Gasteiger partial charge in [-0.05, 0) is 35.9 Å². The van der Waals surface area contributed by atoms with E-state index in [0.717, 1.165) is 11.6 Å². The molecule has 0 spiro atoms. The number of nitrogens with one attached hydrogen (secondary N) is 2. The second-order valence-corrected chi connectivity index (χ2v) is 7.43. The molecule has 2 heterocycles. The number of hydrogen-bond acceptors (Lipinski definition) is 6. The summed E-state index contributed by atoms with van der Waals surface area (Å²) in [6, 6.07) is 8.04. The van der Waals surface area contributed by atoms with Gasteiger partial charge < -0.3 is 25.8 Å². The lowest BCUT2D eigenvalue weighted by Gasteiger charge is -2.26. The van der Waals surface area contributed by atoms with Crippen LogP contribution >= 0.6 is 0 Å². The molecule has 164 valence electrons. The van der Waals surface area contributed by atoms with Crippen molar-refractivity contribution in [1.29, 1.82) is 0 Å². The number of aliphatic hydroxyl groups excluding tert-OH is 1. The summed E-state index contributed by atoms with van der Waals surface area (Å²) >= 11 is 0. The predicted octanol–water partition coefficient (Wildman–Crippen LogP) is 0.370. The standard InChI is InChI=1S/C22H19FN4O5/c1-32-14-4-3-13-10-27(19(29)15(13)9-14)11-22(20(30)25-21(31)26-22)7-6-12-2-5-17(23)16(8-12)18(24)28/h2-5,8-9,18,28H,10-11,24H2,1H3,(H2,25,26,30,31)/t18?,22-/m1/s1. The second kappa shape index (κ2) is 7.96. The van der Waals surface area contributed by atoms with E-state index in [-0.39, 0.29) is 30.1 Å². The fourth-order valence-corrected chi connectivity index (χ4v) is 3.64. The molecule has 32 heavy (non-hydrogen) atoms. The summed E-state index contributed by atoms with van der Waals surface area (Å²) in [6.45, 7) is 0.0196. The molecule has 2 aliphatic rings. The van der Waals surface area contributed by atoms with Crippen LogP contribution in [0.2, 0.25) is 0 Å². The number of nitrogens with two attached hydrogens (primary N) is 1. The lowest BCUT2D eigenvalue weighted by atomic mass is 9.98. The van der Waals surface area contributed by atoms with Crippen LogP contribution in [0.25, 0.3) is 0 Å². The average Bonchev–Trinajstić information content (AvgIpc) is 3.22. The van der Waals surface area contributed by atoms with Crippen molar-refractivity contribution in [3.05, 3.63) is 64.5 Å². The molecule has 4 rings (SSSR count). The molecule has 2 aliphatic heterocycles. The van der Waals surface area contributed by atoms with Gasteiger partial charge in [-0.2, -0.15) is 0 Å². The van der Waals surface area contributed by atoms with E-state index < -0.39 is 29.5 Å². The molecule has 9 nitrogen and oxygen atoms in total. The Morgan fingerprint density at radius 1 is 1.28 bits per heavy atom. The first-order chi connectivity index (χ1) is 15.2. The Labute approximate surface area is 182 Å². The van der Waals surface area contributed by atoms with Crippen LogP contribution in [0.15, 0.2) is 36.4 Å². The van der Waals surface area contributed by atoms with Gasteiger partial charge in [0, 0.05) is 23.2 Å². The first-order valence-electron chi connectivity index (χ1n) is 9.58. The summed E-state index contributed by atoms with van der Waals surface area (Å²) < 4.78 is 18.9. The molecule has 0 saturated carbocycles. The third-order valence-corrected chi connectivity index (χ3v) is 5.30. The number of rotatable bonds is 4. The minimum absolute atomic E-state index is 0.162. The zero-order valence-electron chi connectivity index (χ0n) is 16.9. The van der Waals surface area contributed by atoms with E-state index in [1.54, 1.807) is 18.2 Å². The van der Waals surface area contributed by atoms with Gasteiger partial charge in [-0.15, -0.1) is 0 Å². The van der Waals surface area contributed by atoms with E-state index in [2.05, 4.69) is 22.5 Å². The van der Waals surface area contributed by atoms with Crippen molar-refractivity contribution in [3.8, 4) is 17.6 Å². The number of hydrogen-bond donors (Lipinski definition) is 4. The zero-order chi connectivity index (χ0) is 23.0. The van der Waals surface area contributed by atoms with Crippen LogP contribution in [-0.4, -0.2) is 47.0 Å². The van der Waals surface area contributed by atoms with Gasteiger partial charge in [0.2, 0.25) is 5.54 Å². The molecule has 10 heteroatoms. The number of methoxy groups -OCH3 is 1. The highest BCUT2D eigenvalue weighted by Gasteiger charge is 2.48. The topological polar surface area (TPSA) is 134 Å². The SMILES string of the molecule is COc1ccc2c(c1)C(=O)N(C[C@@]1(C#Cc3ccc(F)c(C(N)O)c3)NC(=O)NC1=O)C2. The van der Waals surface area contributed by atoms with E-state index in [1.807, 2.05) is 0 Å². The number of urea groups is 1. The van der Waals surface area contributed by atoms with E-state index in [4.69, 9.17) is 10.5 Å². The maximum atomic E-state index is 13.8. The maximum absolute atomic E-state index is 13.8. The van der Waals surface area contributed by atoms with Gasteiger partial charge in [0.25, 0.3) is 11.8 Å². The molecule has 2 atom stereocenters. The number of imide groups is 1. The minimum atomic E-state index is -1.71. The smallest absolute Gasteiger partial charge is 0.323 e. The van der Waals surface area contributed by atoms with Crippen LogP contribution in [-0.2, 0) is 11.3 Å². The van der Waals surface area contributed by atoms with Gasteiger partial charge in [0.05, 0.1) is 13.7 Å². The summed E-state index contributed by atoms with van der Waals surface area (Å²) in [4.78, 5) is 38.9. The Kier molecular flexibility index (Phi) is 5.30. The average molecular weight is 438 g/mol. The van der Waals surface area contributed by atoms with E-state index in [1.165, 1.54) is 24.1 Å². The predicted molar refractivity (Wildman–Crippen MR) is 110 cm³/mol. The first kappa shape index (κ1) is 21.3. The monoisotopic (exact) mass is 438 g/mol. The van der Waals surface area contributed by atoms with E-state index >= 15 is 0 Å². The summed E-state index contributed by atoms with van der Waals surface area (Å²) in [5.74, 6) is 4.21. The minimum Gasteiger partial charge on any atom is -0.497 e. The van der Waals surface area contributed by atoms with Crippen molar-refractivity contribution < 1.29 is 28.6 Å². The van der Waals surface area contributed by atoms with Gasteiger partial charge in [0.1, 0.15) is 17.8 Å². The van der Waals surface area contributed by atoms with Gasteiger partial charge in [-0.25, -0.2) is 9.18 Å². The number of aliphatic hydroxyl groups is 1. The number of carbonyl (C=O) groups excluding carboxylic acids is 3. The molecule has 0 radical (unpaired) electrons. The highest BCUT2D eigenvalue weighted by molar-refractivity contribution is 6.10. The molecule has 0 aliphatic carbocycles. The van der Waals surface area contributed by atoms with Crippen molar-refractivity contribution in [2.75, 3.05) is 13.7 Å². The number of carbonyl (C=O) groups is 3. The third-order valence-electron chi connectivity index (χ3n) is 5.30. The third kappa shape index (κ3) is 3.75. The molecule has 2 aromatic rings. The number of nitrogens with zero attached hydrogens (tertiary/aromatic N) is 1. The van der Waals surface area contributed by atoms with Crippen LogP contribution < -0.4 is 21.1 Å². The van der Waals surface area contributed by atoms with Crippen molar-refractivity contribution >= 4 is 17.8 Å². The number of halogens is 1. The Balaban J connectivity index is 1.66. The second-order valence-electron chi connectivity index (χ2n) is 7.43. The lowest BCUT2D eigenvalue weighted by Crippen LogP contribution is -2.54. The fourth-order valence-electron chi connectivity index (χ4n) is 3.64. The van der Waals surface area contributed by atoms with Crippen LogP contribution in [0, 0.1) is 17.7 Å². The Morgan fingerprint density at radius 3 is 2.72 bits per heavy atom. The van der Waals surface area contributed by atoms with Gasteiger partial charge in [0.15, 0.2) is 0 Å². The molecular formula is C22H19FN4O5. The van der Waals surface area contributed by atoms with Crippen molar-refractivity contribution in [1.82, 2.24) is 15.5 Å². The number of ether oxygens (including phenoxy) is 1. The number of benzene rings is 2. The van der Waals surface area contributed by atoms with Crippen molar-refractivity contribution in [2.24, 2.45) is 5.73 Å². The molecule has 5 N–H and O–H groups in total. The van der Waals surface area contributed by atoms with E-state index in [9.17, 15) is 23.9 Å². The zero-order valence-corrected chi connectivity index (χ0v) is 16.9. The molecule has 2 aromatic carbocycles. The highest BCUT2D eigenvalue weighted by atomic mass is 19.1. The fraction of sp³-hybridized carbons (Fsp3) is 0.227. The Morgan fingerprint density at radius 2 is 2.06 bits per heavy atom. The Bertz CT molecular complexity index is 1200. The molecule has 1 unspecified atom stereocenters. The first-order valence-corrected chi connectivity index (χ1v) is 9.58.